The highest BCUT2D eigenvalue weighted by atomic mass is 16.1. The van der Waals surface area contributed by atoms with E-state index >= 15 is 0 Å². The van der Waals surface area contributed by atoms with Crippen molar-refractivity contribution in [1.29, 1.82) is 0 Å². The van der Waals surface area contributed by atoms with E-state index < -0.39 is 0 Å². The molecule has 60 valence electrons. The van der Waals surface area contributed by atoms with Gasteiger partial charge in [-0.05, 0) is 34.0 Å². The Balaban J connectivity index is 3.20. The quantitative estimate of drug-likeness (QED) is 0.554. The van der Waals surface area contributed by atoms with E-state index in [1.54, 1.807) is 0 Å². The third-order valence-electron chi connectivity index (χ3n) is 1.36. The van der Waals surface area contributed by atoms with E-state index in [1.807, 2.05) is 21.0 Å². The minimum absolute atomic E-state index is 0.292. The van der Waals surface area contributed by atoms with Crippen LogP contribution in [-0.4, -0.2) is 38.0 Å². The summed E-state index contributed by atoms with van der Waals surface area (Å²) in [6.07, 6.45) is 1.76. The second-order valence-corrected chi connectivity index (χ2v) is 2.78. The van der Waals surface area contributed by atoms with Crippen LogP contribution in [-0.2, 0) is 4.79 Å². The number of carbonyl (C=O) groups excluding carboxylic acids is 1. The molecule has 3 heteroatoms. The van der Waals surface area contributed by atoms with Crippen molar-refractivity contribution in [3.8, 4) is 0 Å². The molecule has 0 aliphatic carbocycles. The van der Waals surface area contributed by atoms with Gasteiger partial charge in [0.25, 0.3) is 0 Å². The number of nitrogens with one attached hydrogen (secondary N) is 1. The monoisotopic (exact) mass is 144 g/mol. The summed E-state index contributed by atoms with van der Waals surface area (Å²) in [4.78, 5) is 12.0. The molecule has 1 atom stereocenters. The van der Waals surface area contributed by atoms with Crippen molar-refractivity contribution in [2.75, 3.05) is 20.6 Å². The molecule has 1 N–H and O–H groups in total. The van der Waals surface area contributed by atoms with Crippen LogP contribution in [0.25, 0.3) is 0 Å². The fraction of sp³-hybridized carbons (Fsp3) is 0.857. The number of amides is 1. The molecule has 0 rings (SSSR count). The van der Waals surface area contributed by atoms with Gasteiger partial charge < -0.3 is 10.2 Å². The summed E-state index contributed by atoms with van der Waals surface area (Å²) < 4.78 is 0. The topological polar surface area (TPSA) is 32.3 Å². The van der Waals surface area contributed by atoms with Gasteiger partial charge in [-0.2, -0.15) is 0 Å². The van der Waals surface area contributed by atoms with Gasteiger partial charge in [-0.25, -0.2) is 0 Å². The Kier molecular flexibility index (Phi) is 4.94. The third-order valence-corrected chi connectivity index (χ3v) is 1.36. The Bertz CT molecular complexity index is 93.6. The fourth-order valence-corrected chi connectivity index (χ4v) is 0.651. The molecule has 0 aromatic rings. The molecule has 0 aromatic heterocycles. The largest absolute Gasteiger partial charge is 0.356 e. The second kappa shape index (κ2) is 5.23. The molecule has 0 aromatic carbocycles. The van der Waals surface area contributed by atoms with Crippen LogP contribution >= 0.6 is 0 Å². The summed E-state index contributed by atoms with van der Waals surface area (Å²) in [5.74, 6) is 0. The molecular weight excluding hydrogens is 128 g/mol. The van der Waals surface area contributed by atoms with E-state index in [0.717, 1.165) is 19.4 Å². The highest BCUT2D eigenvalue weighted by Crippen LogP contribution is 1.89. The first kappa shape index (κ1) is 9.43. The number of nitrogens with zero attached hydrogens (tertiary/aromatic N) is 1. The highest BCUT2D eigenvalue weighted by molar-refractivity contribution is 5.46. The molecule has 0 heterocycles. The molecule has 0 fully saturated rings. The van der Waals surface area contributed by atoms with Gasteiger partial charge in [0.05, 0.1) is 0 Å². The average Bonchev–Trinajstić information content (AvgIpc) is 1.85. The molecule has 1 unspecified atom stereocenters. The Morgan fingerprint density at radius 3 is 2.60 bits per heavy atom. The highest BCUT2D eigenvalue weighted by Gasteiger charge is 1.98. The van der Waals surface area contributed by atoms with Gasteiger partial charge in [0, 0.05) is 6.04 Å². The van der Waals surface area contributed by atoms with Gasteiger partial charge in [0.2, 0.25) is 6.41 Å². The zero-order chi connectivity index (χ0) is 7.98. The lowest BCUT2D eigenvalue weighted by atomic mass is 10.2. The maximum atomic E-state index is 9.94. The molecule has 10 heavy (non-hydrogen) atoms. The first-order valence-electron chi connectivity index (χ1n) is 3.51. The summed E-state index contributed by atoms with van der Waals surface area (Å²) in [6.45, 7) is 3.01. The molecule has 1 amide bonds. The standard InChI is InChI=1S/C7H16N2O/c1-7(8-6-10)4-5-9(2)3/h6-7H,4-5H2,1-3H3,(H,8,10). The smallest absolute Gasteiger partial charge is 0.207 e. The maximum absolute atomic E-state index is 9.94. The molecule has 0 spiro atoms. The lowest BCUT2D eigenvalue weighted by Crippen LogP contribution is -2.28. The van der Waals surface area contributed by atoms with Crippen LogP contribution in [0.1, 0.15) is 13.3 Å². The van der Waals surface area contributed by atoms with E-state index in [9.17, 15) is 4.79 Å². The lowest BCUT2D eigenvalue weighted by Gasteiger charge is -2.13. The van der Waals surface area contributed by atoms with Crippen molar-refractivity contribution in [3.05, 3.63) is 0 Å². The number of hydrogen-bond donors (Lipinski definition) is 1. The minimum atomic E-state index is 0.292. The van der Waals surface area contributed by atoms with Crippen molar-refractivity contribution in [1.82, 2.24) is 10.2 Å². The van der Waals surface area contributed by atoms with Crippen LogP contribution in [0, 0.1) is 0 Å². The molecule has 3 nitrogen and oxygen atoms in total. The predicted molar refractivity (Wildman–Crippen MR) is 41.8 cm³/mol. The lowest BCUT2D eigenvalue weighted by molar-refractivity contribution is -0.110. The summed E-state index contributed by atoms with van der Waals surface area (Å²) in [6, 6.07) is 0.292. The van der Waals surface area contributed by atoms with E-state index in [2.05, 4.69) is 10.2 Å². The van der Waals surface area contributed by atoms with Gasteiger partial charge >= 0.3 is 0 Å². The van der Waals surface area contributed by atoms with Crippen molar-refractivity contribution in [2.45, 2.75) is 19.4 Å². The fourth-order valence-electron chi connectivity index (χ4n) is 0.651. The number of rotatable bonds is 5. The van der Waals surface area contributed by atoms with Crippen LogP contribution < -0.4 is 5.32 Å². The van der Waals surface area contributed by atoms with E-state index in [4.69, 9.17) is 0 Å². The molecule has 0 radical (unpaired) electrons. The van der Waals surface area contributed by atoms with Gasteiger partial charge in [0.1, 0.15) is 0 Å². The first-order valence-corrected chi connectivity index (χ1v) is 3.51. The van der Waals surface area contributed by atoms with Crippen molar-refractivity contribution in [3.63, 3.8) is 0 Å². The van der Waals surface area contributed by atoms with Crippen LogP contribution in [0.5, 0.6) is 0 Å². The number of carbonyl (C=O) groups is 1. The van der Waals surface area contributed by atoms with Crippen LogP contribution in [0.2, 0.25) is 0 Å². The summed E-state index contributed by atoms with van der Waals surface area (Å²) >= 11 is 0. The first-order chi connectivity index (χ1) is 4.66. The Hall–Kier alpha value is -0.570. The average molecular weight is 144 g/mol. The third kappa shape index (κ3) is 5.56. The zero-order valence-electron chi connectivity index (χ0n) is 6.92. The normalized spacial score (nSPS) is 13.2. The number of hydrogen-bond acceptors (Lipinski definition) is 2. The summed E-state index contributed by atoms with van der Waals surface area (Å²) in [7, 11) is 4.04. The van der Waals surface area contributed by atoms with Gasteiger partial charge in [-0.15, -0.1) is 0 Å². The molecule has 0 aliphatic rings. The summed E-state index contributed by atoms with van der Waals surface area (Å²) in [5, 5.41) is 2.69. The molecular formula is C7H16N2O. The predicted octanol–water partition coefficient (Wildman–Crippen LogP) is 0.0726. The van der Waals surface area contributed by atoms with E-state index in [-0.39, 0.29) is 0 Å². The van der Waals surface area contributed by atoms with Crippen LogP contribution in [0.3, 0.4) is 0 Å². The maximum Gasteiger partial charge on any atom is 0.207 e. The molecule has 0 aliphatic heterocycles. The Morgan fingerprint density at radius 2 is 2.20 bits per heavy atom. The second-order valence-electron chi connectivity index (χ2n) is 2.78. The molecule has 0 saturated heterocycles. The van der Waals surface area contributed by atoms with Crippen molar-refractivity contribution in [2.24, 2.45) is 0 Å². The van der Waals surface area contributed by atoms with E-state index in [0.29, 0.717) is 6.04 Å². The van der Waals surface area contributed by atoms with Gasteiger partial charge in [0.15, 0.2) is 0 Å². The Labute approximate surface area is 62.4 Å². The van der Waals surface area contributed by atoms with Gasteiger partial charge in [-0.1, -0.05) is 0 Å². The molecule has 0 bridgehead atoms. The van der Waals surface area contributed by atoms with Crippen LogP contribution in [0.4, 0.5) is 0 Å². The SMILES string of the molecule is CC(CCN(C)C)NC=O. The van der Waals surface area contributed by atoms with Crippen molar-refractivity contribution < 1.29 is 4.79 Å². The minimum Gasteiger partial charge on any atom is -0.356 e. The van der Waals surface area contributed by atoms with Crippen LogP contribution in [0.15, 0.2) is 0 Å². The molecule has 0 saturated carbocycles. The van der Waals surface area contributed by atoms with Gasteiger partial charge in [-0.3, -0.25) is 4.79 Å². The zero-order valence-corrected chi connectivity index (χ0v) is 6.92. The van der Waals surface area contributed by atoms with E-state index in [1.165, 1.54) is 0 Å². The summed E-state index contributed by atoms with van der Waals surface area (Å²) in [5.41, 5.74) is 0. The Morgan fingerprint density at radius 1 is 1.60 bits per heavy atom. The van der Waals surface area contributed by atoms with Crippen molar-refractivity contribution >= 4 is 6.41 Å².